The first-order valence-corrected chi connectivity index (χ1v) is 8.73. The summed E-state index contributed by atoms with van der Waals surface area (Å²) in [6, 6.07) is 0. The van der Waals surface area contributed by atoms with E-state index in [2.05, 4.69) is 9.62 Å². The Balaban J connectivity index is 1.57. The highest BCUT2D eigenvalue weighted by atomic mass is 32.2. The minimum atomic E-state index is -0.718. The second kappa shape index (κ2) is 4.29. The van der Waals surface area contributed by atoms with Gasteiger partial charge < -0.3 is 5.32 Å². The number of hydrogen-bond acceptors (Lipinski definition) is 2. The SMILES string of the molecule is O=S(N1CCNCC1)C12CC3CC(CC(C3)C1)C2. The lowest BCUT2D eigenvalue weighted by Gasteiger charge is -2.56. The second-order valence-corrected chi connectivity index (χ2v) is 8.91. The molecule has 4 saturated carbocycles. The van der Waals surface area contributed by atoms with Crippen LogP contribution in [0.25, 0.3) is 0 Å². The zero-order valence-electron chi connectivity index (χ0n) is 11.1. The summed E-state index contributed by atoms with van der Waals surface area (Å²) in [5.41, 5.74) is 0. The Kier molecular flexibility index (Phi) is 2.82. The maximum absolute atomic E-state index is 13.1. The summed E-state index contributed by atoms with van der Waals surface area (Å²) in [4.78, 5) is 0. The van der Waals surface area contributed by atoms with Crippen LogP contribution in [-0.2, 0) is 11.0 Å². The summed E-state index contributed by atoms with van der Waals surface area (Å²) in [5.74, 6) is 2.72. The lowest BCUT2D eigenvalue weighted by atomic mass is 9.56. The first-order valence-electron chi connectivity index (χ1n) is 7.63. The molecule has 0 aromatic rings. The van der Waals surface area contributed by atoms with Crippen molar-refractivity contribution in [3.8, 4) is 0 Å². The Morgan fingerprint density at radius 1 is 0.944 bits per heavy atom. The van der Waals surface area contributed by atoms with Crippen LogP contribution in [0, 0.1) is 17.8 Å². The third kappa shape index (κ3) is 1.80. The van der Waals surface area contributed by atoms with Crippen molar-refractivity contribution >= 4 is 11.0 Å². The normalized spacial score (nSPS) is 49.4. The fourth-order valence-electron chi connectivity index (χ4n) is 5.33. The monoisotopic (exact) mass is 268 g/mol. The third-order valence-corrected chi connectivity index (χ3v) is 7.74. The molecule has 4 heteroatoms. The number of rotatable bonds is 2. The summed E-state index contributed by atoms with van der Waals surface area (Å²) in [6.07, 6.45) is 8.11. The Morgan fingerprint density at radius 3 is 1.94 bits per heavy atom. The van der Waals surface area contributed by atoms with Crippen LogP contribution in [0.1, 0.15) is 38.5 Å². The van der Waals surface area contributed by atoms with Crippen molar-refractivity contribution in [1.29, 1.82) is 0 Å². The molecule has 5 fully saturated rings. The molecule has 0 aromatic heterocycles. The van der Waals surface area contributed by atoms with Gasteiger partial charge in [-0.25, -0.2) is 8.51 Å². The molecule has 0 aromatic carbocycles. The van der Waals surface area contributed by atoms with E-state index < -0.39 is 11.0 Å². The van der Waals surface area contributed by atoms with Crippen LogP contribution >= 0.6 is 0 Å². The van der Waals surface area contributed by atoms with E-state index >= 15 is 0 Å². The summed E-state index contributed by atoms with van der Waals surface area (Å²) in [5, 5.41) is 3.37. The largest absolute Gasteiger partial charge is 0.314 e. The fourth-order valence-corrected chi connectivity index (χ4v) is 7.53. The van der Waals surface area contributed by atoms with E-state index in [-0.39, 0.29) is 4.75 Å². The molecule has 1 unspecified atom stereocenters. The second-order valence-electron chi connectivity index (χ2n) is 7.03. The van der Waals surface area contributed by atoms with Gasteiger partial charge in [0.15, 0.2) is 0 Å². The Bertz CT molecular complexity index is 330. The molecule has 3 nitrogen and oxygen atoms in total. The van der Waals surface area contributed by atoms with Crippen molar-refractivity contribution in [2.75, 3.05) is 26.2 Å². The van der Waals surface area contributed by atoms with Crippen molar-refractivity contribution in [1.82, 2.24) is 9.62 Å². The predicted octanol–water partition coefficient (Wildman–Crippen LogP) is 1.52. The molecule has 0 amide bonds. The highest BCUT2D eigenvalue weighted by molar-refractivity contribution is 7.84. The van der Waals surface area contributed by atoms with Gasteiger partial charge in [0.2, 0.25) is 0 Å². The molecule has 1 aliphatic heterocycles. The van der Waals surface area contributed by atoms with E-state index in [9.17, 15) is 4.21 Å². The van der Waals surface area contributed by atoms with Gasteiger partial charge >= 0.3 is 0 Å². The zero-order valence-corrected chi connectivity index (χ0v) is 11.9. The molecule has 1 heterocycles. The Labute approximate surface area is 112 Å². The third-order valence-electron chi connectivity index (χ3n) is 5.66. The van der Waals surface area contributed by atoms with Crippen LogP contribution in [0.4, 0.5) is 0 Å². The molecule has 5 rings (SSSR count). The maximum atomic E-state index is 13.1. The lowest BCUT2D eigenvalue weighted by Crippen LogP contribution is -2.58. The molecule has 1 saturated heterocycles. The standard InChI is InChI=1S/C14H24N2OS/c17-18(16-3-1-15-2-4-16)14-8-11-5-12(9-14)7-13(6-11)10-14/h11-13,15H,1-10H2. The summed E-state index contributed by atoms with van der Waals surface area (Å²) in [7, 11) is -0.718. The Morgan fingerprint density at radius 2 is 1.44 bits per heavy atom. The van der Waals surface area contributed by atoms with Crippen LogP contribution in [0.5, 0.6) is 0 Å². The van der Waals surface area contributed by atoms with E-state index in [1.807, 2.05) is 0 Å². The van der Waals surface area contributed by atoms with E-state index in [1.54, 1.807) is 0 Å². The predicted molar refractivity (Wildman–Crippen MR) is 73.5 cm³/mol. The zero-order chi connectivity index (χ0) is 12.2. The van der Waals surface area contributed by atoms with Gasteiger partial charge in [0.25, 0.3) is 0 Å². The van der Waals surface area contributed by atoms with E-state index in [1.165, 1.54) is 38.5 Å². The van der Waals surface area contributed by atoms with Crippen LogP contribution in [0.3, 0.4) is 0 Å². The molecule has 5 aliphatic rings. The van der Waals surface area contributed by atoms with Gasteiger partial charge in [-0.2, -0.15) is 0 Å². The summed E-state index contributed by atoms with van der Waals surface area (Å²) in [6.45, 7) is 3.99. The summed E-state index contributed by atoms with van der Waals surface area (Å²) < 4.78 is 15.5. The molecule has 0 radical (unpaired) electrons. The molecular formula is C14H24N2OS. The lowest BCUT2D eigenvalue weighted by molar-refractivity contribution is 0.0338. The number of hydrogen-bond donors (Lipinski definition) is 1. The highest BCUT2D eigenvalue weighted by Gasteiger charge is 2.55. The van der Waals surface area contributed by atoms with Crippen LogP contribution in [0.2, 0.25) is 0 Å². The maximum Gasteiger partial charge on any atom is 0.101 e. The van der Waals surface area contributed by atoms with Gasteiger partial charge in [-0.05, 0) is 56.3 Å². The smallest absolute Gasteiger partial charge is 0.101 e. The van der Waals surface area contributed by atoms with E-state index in [0.29, 0.717) is 0 Å². The van der Waals surface area contributed by atoms with Crippen LogP contribution < -0.4 is 5.32 Å². The molecular weight excluding hydrogens is 244 g/mol. The van der Waals surface area contributed by atoms with Gasteiger partial charge in [-0.15, -0.1) is 0 Å². The highest BCUT2D eigenvalue weighted by Crippen LogP contribution is 2.58. The van der Waals surface area contributed by atoms with Gasteiger partial charge in [0, 0.05) is 26.2 Å². The molecule has 4 bridgehead atoms. The first-order chi connectivity index (χ1) is 8.75. The van der Waals surface area contributed by atoms with Crippen LogP contribution in [-0.4, -0.2) is 39.4 Å². The minimum absolute atomic E-state index is 0.187. The molecule has 1 atom stereocenters. The van der Waals surface area contributed by atoms with Gasteiger partial charge in [0.05, 0.1) is 4.75 Å². The molecule has 1 N–H and O–H groups in total. The molecule has 4 aliphatic carbocycles. The van der Waals surface area contributed by atoms with Crippen molar-refractivity contribution in [3.05, 3.63) is 0 Å². The average molecular weight is 268 g/mol. The van der Waals surface area contributed by atoms with E-state index in [0.717, 1.165) is 43.9 Å². The van der Waals surface area contributed by atoms with E-state index in [4.69, 9.17) is 0 Å². The van der Waals surface area contributed by atoms with Gasteiger partial charge in [0.1, 0.15) is 11.0 Å². The fraction of sp³-hybridized carbons (Fsp3) is 1.00. The van der Waals surface area contributed by atoms with Gasteiger partial charge in [-0.3, -0.25) is 0 Å². The summed E-state index contributed by atoms with van der Waals surface area (Å²) >= 11 is 0. The topological polar surface area (TPSA) is 32.3 Å². The molecule has 18 heavy (non-hydrogen) atoms. The van der Waals surface area contributed by atoms with Crippen molar-refractivity contribution in [3.63, 3.8) is 0 Å². The minimum Gasteiger partial charge on any atom is -0.314 e. The van der Waals surface area contributed by atoms with Crippen LogP contribution in [0.15, 0.2) is 0 Å². The molecule has 0 spiro atoms. The van der Waals surface area contributed by atoms with Crippen molar-refractivity contribution in [2.45, 2.75) is 43.3 Å². The van der Waals surface area contributed by atoms with Gasteiger partial charge in [-0.1, -0.05) is 0 Å². The first kappa shape index (κ1) is 11.9. The Hall–Kier alpha value is 0.0700. The van der Waals surface area contributed by atoms with Crippen molar-refractivity contribution in [2.24, 2.45) is 17.8 Å². The number of piperazine rings is 1. The number of nitrogens with zero attached hydrogens (tertiary/aromatic N) is 1. The quantitative estimate of drug-likeness (QED) is 0.823. The molecule has 102 valence electrons. The van der Waals surface area contributed by atoms with Crippen molar-refractivity contribution < 1.29 is 4.21 Å². The number of nitrogens with one attached hydrogen (secondary N) is 1. The average Bonchev–Trinajstić information content (AvgIpc) is 2.37.